The normalized spacial score (nSPS) is 40.1. The minimum atomic E-state index is 0. The first-order chi connectivity index (χ1) is 11.2. The van der Waals surface area contributed by atoms with E-state index in [1.165, 1.54) is 12.8 Å². The Morgan fingerprint density at radius 1 is 0.760 bits per heavy atom. The number of hydrogen-bond donors (Lipinski definition) is 1. The van der Waals surface area contributed by atoms with E-state index < -0.39 is 0 Å². The maximum atomic E-state index is 5.70. The van der Waals surface area contributed by atoms with Gasteiger partial charge in [-0.3, -0.25) is 5.32 Å². The van der Waals surface area contributed by atoms with Gasteiger partial charge in [0.05, 0.1) is 31.6 Å². The van der Waals surface area contributed by atoms with Crippen molar-refractivity contribution in [2.75, 3.05) is 19.9 Å². The van der Waals surface area contributed by atoms with Crippen molar-refractivity contribution in [3.05, 3.63) is 0 Å². The van der Waals surface area contributed by atoms with Crippen LogP contribution in [0.4, 0.5) is 0 Å². The second-order valence-electron chi connectivity index (χ2n) is 10.1. The number of hydrogen-bond acceptors (Lipinski definition) is 4. The highest BCUT2D eigenvalue weighted by Crippen LogP contribution is 2.42. The first-order valence-electron chi connectivity index (χ1n) is 9.76. The molecular formula is C21H41NO3. The lowest BCUT2D eigenvalue weighted by atomic mass is 9.78. The van der Waals surface area contributed by atoms with Gasteiger partial charge in [-0.15, -0.1) is 0 Å². The summed E-state index contributed by atoms with van der Waals surface area (Å²) in [7, 11) is 0. The zero-order chi connectivity index (χ0) is 17.5. The second kappa shape index (κ2) is 7.84. The Bertz CT molecular complexity index is 386. The molecule has 1 aliphatic carbocycles. The second-order valence-corrected chi connectivity index (χ2v) is 10.1. The van der Waals surface area contributed by atoms with Crippen LogP contribution >= 0.6 is 0 Å². The molecular weight excluding hydrogens is 314 g/mol. The average molecular weight is 356 g/mol. The molecule has 3 heterocycles. The average Bonchev–Trinajstić information content (AvgIpc) is 3.17. The molecule has 0 spiro atoms. The van der Waals surface area contributed by atoms with Crippen LogP contribution < -0.4 is 5.32 Å². The van der Waals surface area contributed by atoms with Gasteiger partial charge < -0.3 is 14.2 Å². The van der Waals surface area contributed by atoms with Crippen molar-refractivity contribution in [2.45, 2.75) is 92.6 Å². The third-order valence-electron chi connectivity index (χ3n) is 6.39. The molecule has 1 N–H and O–H groups in total. The highest BCUT2D eigenvalue weighted by atomic mass is 16.6. The van der Waals surface area contributed by atoms with Crippen LogP contribution in [-0.2, 0) is 14.2 Å². The van der Waals surface area contributed by atoms with Gasteiger partial charge in [0.15, 0.2) is 0 Å². The molecule has 148 valence electrons. The molecule has 3 saturated heterocycles. The molecule has 4 aliphatic rings. The molecule has 0 aromatic carbocycles. The lowest BCUT2D eigenvalue weighted by Crippen LogP contribution is -2.33. The monoisotopic (exact) mass is 355 g/mol. The van der Waals surface area contributed by atoms with Crippen molar-refractivity contribution >= 4 is 0 Å². The Hall–Kier alpha value is -0.160. The topological polar surface area (TPSA) is 39.7 Å². The Morgan fingerprint density at radius 3 is 2.08 bits per heavy atom. The van der Waals surface area contributed by atoms with E-state index in [1.54, 1.807) is 0 Å². The molecule has 3 aliphatic heterocycles. The van der Waals surface area contributed by atoms with Gasteiger partial charge in [0, 0.05) is 18.6 Å². The molecule has 25 heavy (non-hydrogen) atoms. The summed E-state index contributed by atoms with van der Waals surface area (Å²) >= 11 is 0. The van der Waals surface area contributed by atoms with Gasteiger partial charge in [-0.2, -0.15) is 0 Å². The van der Waals surface area contributed by atoms with Crippen molar-refractivity contribution in [3.8, 4) is 0 Å². The maximum Gasteiger partial charge on any atom is 0.0973 e. The van der Waals surface area contributed by atoms with E-state index in [2.05, 4.69) is 46.9 Å². The van der Waals surface area contributed by atoms with Crippen molar-refractivity contribution in [1.29, 1.82) is 0 Å². The lowest BCUT2D eigenvalue weighted by Gasteiger charge is -2.30. The quantitative estimate of drug-likeness (QED) is 0.706. The Labute approximate surface area is 155 Å². The summed E-state index contributed by atoms with van der Waals surface area (Å²) in [6.45, 7) is 16.3. The summed E-state index contributed by atoms with van der Waals surface area (Å²) in [6, 6.07) is 0.647. The molecule has 0 bridgehead atoms. The van der Waals surface area contributed by atoms with Gasteiger partial charge >= 0.3 is 0 Å². The number of rotatable bonds is 0. The van der Waals surface area contributed by atoms with Crippen LogP contribution in [0.25, 0.3) is 0 Å². The van der Waals surface area contributed by atoms with Gasteiger partial charge in [-0.1, -0.05) is 49.0 Å². The Morgan fingerprint density at radius 2 is 1.44 bits per heavy atom. The number of ether oxygens (including phenoxy) is 3. The van der Waals surface area contributed by atoms with E-state index >= 15 is 0 Å². The molecule has 0 amide bonds. The largest absolute Gasteiger partial charge is 0.375 e. The third kappa shape index (κ3) is 4.58. The molecule has 4 rings (SSSR count). The van der Waals surface area contributed by atoms with Gasteiger partial charge in [-0.25, -0.2) is 0 Å². The van der Waals surface area contributed by atoms with E-state index in [0.29, 0.717) is 41.1 Å². The summed E-state index contributed by atoms with van der Waals surface area (Å²) in [5, 5.41) is 3.40. The summed E-state index contributed by atoms with van der Waals surface area (Å²) < 4.78 is 17.1. The van der Waals surface area contributed by atoms with Gasteiger partial charge in [0.25, 0.3) is 0 Å². The molecule has 6 unspecified atom stereocenters. The van der Waals surface area contributed by atoms with Crippen molar-refractivity contribution in [2.24, 2.45) is 22.7 Å². The minimum Gasteiger partial charge on any atom is -0.375 e. The summed E-state index contributed by atoms with van der Waals surface area (Å²) in [5.41, 5.74) is 0.731. The standard InChI is InChI=1S/C10H19NO.C10H18O2.CH4/c1-10(2,3)7-4-5-8-9(7)12-6-11-8;1-10(2,3)7-6-12-8-4-5-11-9(7)8;/h7-9,11H,4-6H2,1-3H3;7-9H,4-6H2,1-3H3;1H4. The number of fused-ring (bicyclic) bond motifs is 2. The fraction of sp³-hybridized carbons (Fsp3) is 1.00. The molecule has 0 aromatic rings. The summed E-state index contributed by atoms with van der Waals surface area (Å²) in [4.78, 5) is 0. The molecule has 4 fully saturated rings. The lowest BCUT2D eigenvalue weighted by molar-refractivity contribution is 0.0294. The number of nitrogens with one attached hydrogen (secondary N) is 1. The van der Waals surface area contributed by atoms with Crippen LogP contribution in [-0.4, -0.2) is 44.3 Å². The van der Waals surface area contributed by atoms with Crippen LogP contribution in [0.1, 0.15) is 68.2 Å². The van der Waals surface area contributed by atoms with Crippen LogP contribution in [0.3, 0.4) is 0 Å². The molecule has 1 saturated carbocycles. The fourth-order valence-corrected chi connectivity index (χ4v) is 4.81. The van der Waals surface area contributed by atoms with Crippen LogP contribution in [0.15, 0.2) is 0 Å². The van der Waals surface area contributed by atoms with Crippen LogP contribution in [0.5, 0.6) is 0 Å². The van der Waals surface area contributed by atoms with E-state index in [1.807, 2.05) is 0 Å². The highest BCUT2D eigenvalue weighted by Gasteiger charge is 2.46. The van der Waals surface area contributed by atoms with Crippen molar-refractivity contribution in [3.63, 3.8) is 0 Å². The van der Waals surface area contributed by atoms with Crippen molar-refractivity contribution < 1.29 is 14.2 Å². The van der Waals surface area contributed by atoms with Crippen LogP contribution in [0, 0.1) is 22.7 Å². The van der Waals surface area contributed by atoms with E-state index in [9.17, 15) is 0 Å². The Kier molecular flexibility index (Phi) is 6.63. The predicted molar refractivity (Wildman–Crippen MR) is 103 cm³/mol. The van der Waals surface area contributed by atoms with Crippen molar-refractivity contribution in [1.82, 2.24) is 5.32 Å². The smallest absolute Gasteiger partial charge is 0.0973 e. The molecule has 4 heteroatoms. The molecule has 6 atom stereocenters. The third-order valence-corrected chi connectivity index (χ3v) is 6.39. The maximum absolute atomic E-state index is 5.70. The first kappa shape index (κ1) is 21.1. The Balaban J connectivity index is 0.000000173. The van der Waals surface area contributed by atoms with Gasteiger partial charge in [0.2, 0.25) is 0 Å². The summed E-state index contributed by atoms with van der Waals surface area (Å²) in [6.07, 6.45) is 4.99. The first-order valence-corrected chi connectivity index (χ1v) is 9.76. The summed E-state index contributed by atoms with van der Waals surface area (Å²) in [5.74, 6) is 1.34. The minimum absolute atomic E-state index is 0. The van der Waals surface area contributed by atoms with E-state index in [4.69, 9.17) is 14.2 Å². The van der Waals surface area contributed by atoms with E-state index in [-0.39, 0.29) is 7.43 Å². The van der Waals surface area contributed by atoms with Gasteiger partial charge in [-0.05, 0) is 36.0 Å². The predicted octanol–water partition coefficient (Wildman–Crippen LogP) is 4.23. The zero-order valence-electron chi connectivity index (χ0n) is 16.4. The van der Waals surface area contributed by atoms with Crippen LogP contribution in [0.2, 0.25) is 0 Å². The highest BCUT2D eigenvalue weighted by molar-refractivity contribution is 4.97. The van der Waals surface area contributed by atoms with Gasteiger partial charge in [0.1, 0.15) is 0 Å². The van der Waals surface area contributed by atoms with E-state index in [0.717, 1.165) is 32.3 Å². The SMILES string of the molecule is C.CC(C)(C)C1CCC2NCOC21.CC(C)(C)C1COC2CCOC21. The molecule has 4 nitrogen and oxygen atoms in total. The molecule has 0 radical (unpaired) electrons. The zero-order valence-corrected chi connectivity index (χ0v) is 16.4. The molecule has 0 aromatic heterocycles. The fourth-order valence-electron chi connectivity index (χ4n) is 4.81.